The van der Waals surface area contributed by atoms with Gasteiger partial charge in [0, 0.05) is 17.2 Å². The molecule has 2 aromatic rings. The lowest BCUT2D eigenvalue weighted by Crippen LogP contribution is -2.21. The van der Waals surface area contributed by atoms with E-state index in [-0.39, 0.29) is 11.4 Å². The molecule has 1 saturated carbocycles. The Hall–Kier alpha value is -1.96. The molecule has 1 N–H and O–H groups in total. The molecule has 0 bridgehead atoms. The molecule has 0 amide bonds. The number of benzene rings is 2. The third-order valence-corrected chi connectivity index (χ3v) is 3.93. The SMILES string of the molecule is Cc1ccc2c(c1)C1(CC1)Oc1cc(O)ccc1-2. The lowest BCUT2D eigenvalue weighted by atomic mass is 9.90. The van der Waals surface area contributed by atoms with Gasteiger partial charge in [-0.15, -0.1) is 0 Å². The third-order valence-electron chi connectivity index (χ3n) is 3.93. The molecule has 1 fully saturated rings. The van der Waals surface area contributed by atoms with E-state index in [9.17, 15) is 5.11 Å². The fourth-order valence-corrected chi connectivity index (χ4v) is 2.84. The molecule has 2 aromatic carbocycles. The van der Waals surface area contributed by atoms with Crippen molar-refractivity contribution in [2.24, 2.45) is 0 Å². The van der Waals surface area contributed by atoms with Gasteiger partial charge in [0.2, 0.25) is 0 Å². The summed E-state index contributed by atoms with van der Waals surface area (Å²) in [5, 5.41) is 9.59. The van der Waals surface area contributed by atoms with Crippen LogP contribution in [0.5, 0.6) is 11.5 Å². The smallest absolute Gasteiger partial charge is 0.135 e. The molecular formula is C16H14O2. The van der Waals surface area contributed by atoms with Gasteiger partial charge in [-0.05, 0) is 37.5 Å². The standard InChI is InChI=1S/C16H14O2/c1-10-2-4-12-13-5-3-11(17)9-15(13)18-16(6-7-16)14(12)8-10/h2-5,8-9,17H,6-7H2,1H3. The number of aryl methyl sites for hydroxylation is 1. The Bertz CT molecular complexity index is 654. The maximum absolute atomic E-state index is 9.59. The highest BCUT2D eigenvalue weighted by atomic mass is 16.5. The third kappa shape index (κ3) is 1.23. The summed E-state index contributed by atoms with van der Waals surface area (Å²) in [5.74, 6) is 1.07. The first-order chi connectivity index (χ1) is 8.68. The average molecular weight is 238 g/mol. The Morgan fingerprint density at radius 3 is 2.61 bits per heavy atom. The lowest BCUT2D eigenvalue weighted by Gasteiger charge is -2.29. The van der Waals surface area contributed by atoms with Crippen molar-refractivity contribution in [3.8, 4) is 22.6 Å². The molecule has 4 rings (SSSR count). The van der Waals surface area contributed by atoms with Gasteiger partial charge in [0.25, 0.3) is 0 Å². The first kappa shape index (κ1) is 10.0. The lowest BCUT2D eigenvalue weighted by molar-refractivity contribution is 0.177. The largest absolute Gasteiger partial charge is 0.508 e. The summed E-state index contributed by atoms with van der Waals surface area (Å²) in [6.45, 7) is 2.11. The zero-order chi connectivity index (χ0) is 12.3. The Kier molecular flexibility index (Phi) is 1.71. The topological polar surface area (TPSA) is 29.5 Å². The van der Waals surface area contributed by atoms with E-state index in [0.29, 0.717) is 0 Å². The monoisotopic (exact) mass is 238 g/mol. The van der Waals surface area contributed by atoms with Crippen LogP contribution in [0.3, 0.4) is 0 Å². The molecule has 0 atom stereocenters. The fraction of sp³-hybridized carbons (Fsp3) is 0.250. The van der Waals surface area contributed by atoms with Crippen molar-refractivity contribution in [1.82, 2.24) is 0 Å². The quantitative estimate of drug-likeness (QED) is 0.757. The number of hydrogen-bond acceptors (Lipinski definition) is 2. The van der Waals surface area contributed by atoms with Crippen molar-refractivity contribution in [3.05, 3.63) is 47.5 Å². The van der Waals surface area contributed by atoms with Crippen LogP contribution in [0.25, 0.3) is 11.1 Å². The van der Waals surface area contributed by atoms with Gasteiger partial charge in [0.05, 0.1) is 0 Å². The van der Waals surface area contributed by atoms with Crippen molar-refractivity contribution in [2.75, 3.05) is 0 Å². The van der Waals surface area contributed by atoms with E-state index >= 15 is 0 Å². The van der Waals surface area contributed by atoms with Gasteiger partial charge in [-0.3, -0.25) is 0 Å². The Morgan fingerprint density at radius 2 is 1.83 bits per heavy atom. The van der Waals surface area contributed by atoms with Crippen LogP contribution < -0.4 is 4.74 Å². The number of aromatic hydroxyl groups is 1. The van der Waals surface area contributed by atoms with Gasteiger partial charge in [0.1, 0.15) is 17.1 Å². The summed E-state index contributed by atoms with van der Waals surface area (Å²) in [4.78, 5) is 0. The van der Waals surface area contributed by atoms with E-state index in [1.54, 1.807) is 12.1 Å². The first-order valence-electron chi connectivity index (χ1n) is 6.32. The number of fused-ring (bicyclic) bond motifs is 4. The van der Waals surface area contributed by atoms with E-state index < -0.39 is 0 Å². The Labute approximate surface area is 106 Å². The van der Waals surface area contributed by atoms with Gasteiger partial charge in [-0.2, -0.15) is 0 Å². The van der Waals surface area contributed by atoms with E-state index in [0.717, 1.165) is 24.2 Å². The van der Waals surface area contributed by atoms with Crippen LogP contribution >= 0.6 is 0 Å². The summed E-state index contributed by atoms with van der Waals surface area (Å²) < 4.78 is 6.13. The van der Waals surface area contributed by atoms with E-state index in [1.807, 2.05) is 6.07 Å². The van der Waals surface area contributed by atoms with E-state index in [4.69, 9.17) is 4.74 Å². The number of hydrogen-bond donors (Lipinski definition) is 1. The fourth-order valence-electron chi connectivity index (χ4n) is 2.84. The molecule has 0 radical (unpaired) electrons. The highest BCUT2D eigenvalue weighted by Crippen LogP contribution is 2.57. The molecular weight excluding hydrogens is 224 g/mol. The summed E-state index contributed by atoms with van der Waals surface area (Å²) in [6, 6.07) is 11.9. The molecule has 2 heteroatoms. The minimum Gasteiger partial charge on any atom is -0.508 e. The minimum absolute atomic E-state index is 0.123. The van der Waals surface area contributed by atoms with Crippen molar-refractivity contribution < 1.29 is 9.84 Å². The van der Waals surface area contributed by atoms with Gasteiger partial charge < -0.3 is 9.84 Å². The predicted octanol–water partition coefficient (Wildman–Crippen LogP) is 3.75. The molecule has 1 spiro atoms. The molecule has 90 valence electrons. The summed E-state index contributed by atoms with van der Waals surface area (Å²) in [5.41, 5.74) is 4.79. The highest BCUT2D eigenvalue weighted by Gasteiger charge is 2.51. The molecule has 0 saturated heterocycles. The van der Waals surface area contributed by atoms with Crippen LogP contribution in [0.2, 0.25) is 0 Å². The highest BCUT2D eigenvalue weighted by molar-refractivity contribution is 5.78. The number of ether oxygens (including phenoxy) is 1. The minimum atomic E-state index is -0.123. The molecule has 18 heavy (non-hydrogen) atoms. The van der Waals surface area contributed by atoms with Crippen LogP contribution in [0.4, 0.5) is 0 Å². The second kappa shape index (κ2) is 3.08. The summed E-state index contributed by atoms with van der Waals surface area (Å²) >= 11 is 0. The maximum Gasteiger partial charge on any atom is 0.135 e. The summed E-state index contributed by atoms with van der Waals surface area (Å²) in [6.07, 6.45) is 2.14. The van der Waals surface area contributed by atoms with E-state index in [2.05, 4.69) is 25.1 Å². The van der Waals surface area contributed by atoms with Gasteiger partial charge in [-0.1, -0.05) is 23.8 Å². The number of phenolic OH excluding ortho intramolecular Hbond substituents is 1. The average Bonchev–Trinajstić information content (AvgIpc) is 3.10. The van der Waals surface area contributed by atoms with Crippen LogP contribution in [-0.2, 0) is 5.60 Å². The van der Waals surface area contributed by atoms with Crippen LogP contribution in [0.1, 0.15) is 24.0 Å². The van der Waals surface area contributed by atoms with E-state index in [1.165, 1.54) is 16.7 Å². The number of rotatable bonds is 0. The van der Waals surface area contributed by atoms with Crippen molar-refractivity contribution in [3.63, 3.8) is 0 Å². The van der Waals surface area contributed by atoms with Gasteiger partial charge >= 0.3 is 0 Å². The Morgan fingerprint density at radius 1 is 1.06 bits per heavy atom. The normalized spacial score (nSPS) is 17.8. The van der Waals surface area contributed by atoms with Crippen LogP contribution in [-0.4, -0.2) is 5.11 Å². The van der Waals surface area contributed by atoms with Crippen LogP contribution in [0.15, 0.2) is 36.4 Å². The van der Waals surface area contributed by atoms with Crippen molar-refractivity contribution in [1.29, 1.82) is 0 Å². The summed E-state index contributed by atoms with van der Waals surface area (Å²) in [7, 11) is 0. The molecule has 1 aliphatic heterocycles. The second-order valence-corrected chi connectivity index (χ2v) is 5.33. The second-order valence-electron chi connectivity index (χ2n) is 5.33. The molecule has 1 aliphatic carbocycles. The molecule has 0 aromatic heterocycles. The molecule has 0 unspecified atom stereocenters. The number of phenols is 1. The zero-order valence-electron chi connectivity index (χ0n) is 10.2. The first-order valence-corrected chi connectivity index (χ1v) is 6.32. The molecule has 2 nitrogen and oxygen atoms in total. The molecule has 2 aliphatic rings. The maximum atomic E-state index is 9.59. The van der Waals surface area contributed by atoms with Crippen molar-refractivity contribution >= 4 is 0 Å². The van der Waals surface area contributed by atoms with Crippen LogP contribution in [0, 0.1) is 6.92 Å². The van der Waals surface area contributed by atoms with Gasteiger partial charge in [-0.25, -0.2) is 0 Å². The molecule has 1 heterocycles. The van der Waals surface area contributed by atoms with Gasteiger partial charge in [0.15, 0.2) is 0 Å². The Balaban J connectivity index is 2.02. The van der Waals surface area contributed by atoms with Crippen molar-refractivity contribution in [2.45, 2.75) is 25.4 Å². The zero-order valence-corrected chi connectivity index (χ0v) is 10.2. The predicted molar refractivity (Wildman–Crippen MR) is 69.8 cm³/mol.